The summed E-state index contributed by atoms with van der Waals surface area (Å²) >= 11 is 0. The van der Waals surface area contributed by atoms with Crippen molar-refractivity contribution in [2.75, 3.05) is 13.1 Å². The van der Waals surface area contributed by atoms with Gasteiger partial charge in [-0.15, -0.1) is 30.2 Å². The minimum absolute atomic E-state index is 0. The van der Waals surface area contributed by atoms with E-state index in [0.717, 1.165) is 30.8 Å². The first kappa shape index (κ1) is 45.5. The molecule has 0 amide bonds. The van der Waals surface area contributed by atoms with Gasteiger partial charge in [-0.2, -0.15) is 19.2 Å². The van der Waals surface area contributed by atoms with Crippen LogP contribution < -0.4 is 0 Å². The Balaban J connectivity index is -0.000000177. The summed E-state index contributed by atoms with van der Waals surface area (Å²) in [7, 11) is 0. The summed E-state index contributed by atoms with van der Waals surface area (Å²) in [5.41, 5.74) is 0.0942. The standard InChI is InChI=1S/C20H23F3N.4CO.2Fe/c1-3-24(4-2)17-11-9-7-5-6-8-10-12-18-13-15-19(16-14-18)20(21,22)23;4*1-2;;/h5-17H,3-4H2,1-2H3;;;;;;/b10-8-,11-9+;;;;;;. The summed E-state index contributed by atoms with van der Waals surface area (Å²) in [4.78, 5) is 0. The first-order valence-electron chi connectivity index (χ1n) is 8.72. The number of allylic oxidation sites excluding steroid dienone is 4. The van der Waals surface area contributed by atoms with Crippen LogP contribution in [0.1, 0.15) is 25.0 Å². The Labute approximate surface area is 221 Å². The fourth-order valence-corrected chi connectivity index (χ4v) is 1.88. The molecule has 34 heavy (non-hydrogen) atoms. The molecule has 0 fully saturated rings. The second-order valence-electron chi connectivity index (χ2n) is 5.00. The number of halogens is 3. The summed E-state index contributed by atoms with van der Waals surface area (Å²) < 4.78 is 69.5. The fraction of sp³-hybridized carbons (Fsp3) is 0.208. The molecule has 10 heteroatoms. The summed E-state index contributed by atoms with van der Waals surface area (Å²) in [6.45, 7) is 24.2. The van der Waals surface area contributed by atoms with Gasteiger partial charge in [-0.25, -0.2) is 4.58 Å². The van der Waals surface area contributed by atoms with Crippen LogP contribution in [0.3, 0.4) is 0 Å². The van der Waals surface area contributed by atoms with Crippen molar-refractivity contribution in [2.45, 2.75) is 20.0 Å². The van der Waals surface area contributed by atoms with E-state index in [-0.39, 0.29) is 34.1 Å². The van der Waals surface area contributed by atoms with E-state index in [1.54, 1.807) is 12.5 Å². The topological polar surface area (TPSA) is 82.6 Å². The van der Waals surface area contributed by atoms with Crippen LogP contribution in [0, 0.1) is 52.3 Å². The van der Waals surface area contributed by atoms with Crippen LogP contribution in [0.5, 0.6) is 0 Å². The average molecular weight is 558 g/mol. The van der Waals surface area contributed by atoms with Crippen molar-refractivity contribution in [2.24, 2.45) is 0 Å². The van der Waals surface area contributed by atoms with Crippen LogP contribution in [0.25, 0.3) is 0 Å². The molecule has 0 aliphatic heterocycles. The average Bonchev–Trinajstić information content (AvgIpc) is 2.85. The van der Waals surface area contributed by atoms with Crippen molar-refractivity contribution >= 4 is 6.21 Å². The zero-order valence-electron chi connectivity index (χ0n) is 18.3. The SMILES string of the molecule is CC[N+](=C/C=C/[CH][CH][CH]/C=C\[CH-]c1ccc(C(F)(F)F)cc1)CC.[C-]#[O+].[C-]#[O+].[C-]#[O+].[C-]#[O+].[Fe].[Fe]. The van der Waals surface area contributed by atoms with Gasteiger partial charge in [0.1, 0.15) is 13.1 Å². The van der Waals surface area contributed by atoms with Crippen molar-refractivity contribution in [3.8, 4) is 0 Å². The molecule has 0 aromatic heterocycles. The van der Waals surface area contributed by atoms with Gasteiger partial charge in [-0.3, -0.25) is 0 Å². The molecule has 0 aliphatic carbocycles. The summed E-state index contributed by atoms with van der Waals surface area (Å²) in [6.07, 6.45) is 12.7. The number of alkyl halides is 3. The molecular weight excluding hydrogens is 535 g/mol. The maximum absolute atomic E-state index is 12.4. The van der Waals surface area contributed by atoms with Gasteiger partial charge in [-0.05, 0) is 32.8 Å². The van der Waals surface area contributed by atoms with Gasteiger partial charge in [0.05, 0.1) is 0 Å². The number of hydrogen-bond acceptors (Lipinski definition) is 0. The molecule has 185 valence electrons. The molecule has 3 radical (unpaired) electrons. The van der Waals surface area contributed by atoms with E-state index in [9.17, 15) is 13.2 Å². The maximum atomic E-state index is 12.4. The molecule has 1 aromatic rings. The Kier molecular flexibility index (Phi) is 47.7. The third-order valence-electron chi connectivity index (χ3n) is 3.30. The second kappa shape index (κ2) is 35.6. The van der Waals surface area contributed by atoms with Crippen LogP contribution in [0.4, 0.5) is 13.2 Å². The molecule has 0 atom stereocenters. The molecule has 0 bridgehead atoms. The van der Waals surface area contributed by atoms with E-state index in [1.165, 1.54) is 12.1 Å². The molecule has 0 spiro atoms. The van der Waals surface area contributed by atoms with E-state index in [1.807, 2.05) is 43.7 Å². The minimum Gasteiger partial charge on any atom is 0 e. The molecule has 0 saturated heterocycles. The smallest absolute Gasteiger partial charge is 0 e. The minimum atomic E-state index is -4.29. The molecule has 0 unspecified atom stereocenters. The normalized spacial score (nSPS) is 8.74. The van der Waals surface area contributed by atoms with Gasteiger partial charge in [-0.1, -0.05) is 24.6 Å². The first-order valence-corrected chi connectivity index (χ1v) is 8.72. The van der Waals surface area contributed by atoms with Crippen molar-refractivity contribution < 1.29 is 70.5 Å². The Bertz CT molecular complexity index is 707. The maximum Gasteiger partial charge on any atom is 0 e. The number of nitrogens with zero attached hydrogens (tertiary/aromatic N) is 1. The van der Waals surface area contributed by atoms with Crippen LogP contribution in [0.15, 0.2) is 48.6 Å². The number of benzene rings is 1. The first-order chi connectivity index (χ1) is 15.5. The number of rotatable bonds is 9. The molecule has 5 nitrogen and oxygen atoms in total. The zero-order valence-corrected chi connectivity index (χ0v) is 20.5. The van der Waals surface area contributed by atoms with Crippen molar-refractivity contribution in [1.82, 2.24) is 0 Å². The molecule has 0 N–H and O–H groups in total. The molecule has 0 aliphatic rings. The van der Waals surface area contributed by atoms with Crippen molar-refractivity contribution in [3.63, 3.8) is 0 Å². The Hall–Kier alpha value is -1.97. The Morgan fingerprint density at radius 3 is 1.62 bits per heavy atom. The van der Waals surface area contributed by atoms with Crippen molar-refractivity contribution in [1.29, 1.82) is 0 Å². The van der Waals surface area contributed by atoms with Crippen LogP contribution in [-0.2, 0) is 58.9 Å². The molecule has 0 heterocycles. The number of hydrogen-bond donors (Lipinski definition) is 0. The van der Waals surface area contributed by atoms with Crippen LogP contribution >= 0.6 is 0 Å². The monoisotopic (exact) mass is 558 g/mol. The van der Waals surface area contributed by atoms with Gasteiger partial charge in [0.25, 0.3) is 0 Å². The van der Waals surface area contributed by atoms with Crippen LogP contribution in [0.2, 0.25) is 0 Å². The van der Waals surface area contributed by atoms with E-state index >= 15 is 0 Å². The van der Waals surface area contributed by atoms with E-state index in [4.69, 9.17) is 18.6 Å². The predicted octanol–water partition coefficient (Wildman–Crippen LogP) is 4.95. The van der Waals surface area contributed by atoms with E-state index < -0.39 is 11.7 Å². The molecular formula is C24H23F3Fe2NO4. The van der Waals surface area contributed by atoms with Gasteiger partial charge < -0.3 is 0 Å². The third-order valence-corrected chi connectivity index (χ3v) is 3.30. The molecule has 1 rings (SSSR count). The Morgan fingerprint density at radius 2 is 1.21 bits per heavy atom. The van der Waals surface area contributed by atoms with Gasteiger partial charge in [0, 0.05) is 39.7 Å². The van der Waals surface area contributed by atoms with Gasteiger partial charge in [0.15, 0.2) is 6.21 Å². The fourth-order valence-electron chi connectivity index (χ4n) is 1.88. The van der Waals surface area contributed by atoms with Gasteiger partial charge >= 0.3 is 51.4 Å². The van der Waals surface area contributed by atoms with E-state index in [0.29, 0.717) is 0 Å². The summed E-state index contributed by atoms with van der Waals surface area (Å²) in [5.74, 6) is 0. The quantitative estimate of drug-likeness (QED) is 0.103. The molecule has 0 saturated carbocycles. The third kappa shape index (κ3) is 28.1. The molecule has 1 aromatic carbocycles. The second-order valence-corrected chi connectivity index (χ2v) is 5.00. The van der Waals surface area contributed by atoms with E-state index in [2.05, 4.69) is 45.0 Å². The Morgan fingerprint density at radius 1 is 0.765 bits per heavy atom. The summed E-state index contributed by atoms with van der Waals surface area (Å²) in [5, 5.41) is 0. The van der Waals surface area contributed by atoms with Crippen molar-refractivity contribution in [3.05, 3.63) is 112 Å². The summed E-state index contributed by atoms with van der Waals surface area (Å²) in [6, 6.07) is 5.07. The largest absolute Gasteiger partial charge is 0 e. The number of unbranched alkanes of at least 4 members (excludes halogenated alkanes) is 2. The zero-order chi connectivity index (χ0) is 25.8. The van der Waals surface area contributed by atoms with Crippen LogP contribution in [-0.4, -0.2) is 23.9 Å². The van der Waals surface area contributed by atoms with Gasteiger partial charge in [0.2, 0.25) is 0 Å². The predicted molar refractivity (Wildman–Crippen MR) is 109 cm³/mol.